The summed E-state index contributed by atoms with van der Waals surface area (Å²) in [4.78, 5) is 10.5. The maximum atomic E-state index is 11.0. The highest BCUT2D eigenvalue weighted by molar-refractivity contribution is 5.65. The van der Waals surface area contributed by atoms with Gasteiger partial charge in [-0.05, 0) is 36.8 Å². The van der Waals surface area contributed by atoms with E-state index in [0.29, 0.717) is 18.4 Å². The van der Waals surface area contributed by atoms with Crippen molar-refractivity contribution in [2.24, 2.45) is 11.8 Å². The number of nitro groups is 1. The highest BCUT2D eigenvalue weighted by Crippen LogP contribution is 2.34. The molecule has 0 amide bonds. The molecule has 1 aromatic carbocycles. The minimum atomic E-state index is -0.491. The third-order valence-corrected chi connectivity index (χ3v) is 3.58. The van der Waals surface area contributed by atoms with Crippen molar-refractivity contribution in [3.05, 3.63) is 40.5 Å². The van der Waals surface area contributed by atoms with Gasteiger partial charge in [0.25, 0.3) is 0 Å². The SMILES string of the molecule is CC1CC=CCC1COc1cccc(N)c1[N+](=O)[O-]. The molecule has 0 saturated carbocycles. The van der Waals surface area contributed by atoms with Crippen LogP contribution in [0.3, 0.4) is 0 Å². The Balaban J connectivity index is 2.09. The van der Waals surface area contributed by atoms with Crippen LogP contribution in [0.4, 0.5) is 11.4 Å². The van der Waals surface area contributed by atoms with Gasteiger partial charge in [0.15, 0.2) is 5.75 Å². The Morgan fingerprint density at radius 3 is 2.84 bits per heavy atom. The van der Waals surface area contributed by atoms with Gasteiger partial charge in [-0.3, -0.25) is 10.1 Å². The molecular formula is C14H18N2O3. The van der Waals surface area contributed by atoms with Gasteiger partial charge < -0.3 is 10.5 Å². The minimum Gasteiger partial charge on any atom is -0.486 e. The van der Waals surface area contributed by atoms with E-state index in [1.54, 1.807) is 12.1 Å². The second-order valence-electron chi connectivity index (χ2n) is 4.94. The summed E-state index contributed by atoms with van der Waals surface area (Å²) in [7, 11) is 0. The number of nitrogens with zero attached hydrogens (tertiary/aromatic N) is 1. The highest BCUT2D eigenvalue weighted by atomic mass is 16.6. The van der Waals surface area contributed by atoms with E-state index in [4.69, 9.17) is 10.5 Å². The lowest BCUT2D eigenvalue weighted by Crippen LogP contribution is -2.21. The molecule has 19 heavy (non-hydrogen) atoms. The number of rotatable bonds is 4. The molecule has 0 bridgehead atoms. The second-order valence-corrected chi connectivity index (χ2v) is 4.94. The summed E-state index contributed by atoms with van der Waals surface area (Å²) in [5.74, 6) is 1.18. The predicted molar refractivity (Wildman–Crippen MR) is 74.0 cm³/mol. The molecule has 0 fully saturated rings. The summed E-state index contributed by atoms with van der Waals surface area (Å²) in [5, 5.41) is 11.0. The van der Waals surface area contributed by atoms with Crippen LogP contribution in [-0.2, 0) is 0 Å². The monoisotopic (exact) mass is 262 g/mol. The van der Waals surface area contributed by atoms with Gasteiger partial charge in [-0.15, -0.1) is 0 Å². The molecule has 5 heteroatoms. The molecular weight excluding hydrogens is 244 g/mol. The zero-order valence-corrected chi connectivity index (χ0v) is 10.9. The van der Waals surface area contributed by atoms with Crippen LogP contribution in [0.5, 0.6) is 5.75 Å². The highest BCUT2D eigenvalue weighted by Gasteiger charge is 2.23. The Hall–Kier alpha value is -2.04. The Bertz CT molecular complexity index is 499. The summed E-state index contributed by atoms with van der Waals surface area (Å²) in [6.45, 7) is 2.65. The number of nitro benzene ring substituents is 1. The Labute approximate surface area is 112 Å². The van der Waals surface area contributed by atoms with Crippen molar-refractivity contribution in [2.45, 2.75) is 19.8 Å². The molecule has 0 spiro atoms. The van der Waals surface area contributed by atoms with Gasteiger partial charge in [0, 0.05) is 0 Å². The lowest BCUT2D eigenvalue weighted by molar-refractivity contribution is -0.384. The number of nitrogen functional groups attached to an aromatic ring is 1. The van der Waals surface area contributed by atoms with E-state index >= 15 is 0 Å². The van der Waals surface area contributed by atoms with Crippen LogP contribution in [0, 0.1) is 22.0 Å². The lowest BCUT2D eigenvalue weighted by Gasteiger charge is -2.25. The first-order chi connectivity index (χ1) is 9.09. The van der Waals surface area contributed by atoms with E-state index in [1.807, 2.05) is 0 Å². The third-order valence-electron chi connectivity index (χ3n) is 3.58. The third kappa shape index (κ3) is 3.05. The van der Waals surface area contributed by atoms with Crippen molar-refractivity contribution in [3.63, 3.8) is 0 Å². The molecule has 2 unspecified atom stereocenters. The first kappa shape index (κ1) is 13.4. The van der Waals surface area contributed by atoms with Crippen molar-refractivity contribution < 1.29 is 9.66 Å². The maximum Gasteiger partial charge on any atom is 0.333 e. The van der Waals surface area contributed by atoms with Crippen molar-refractivity contribution in [1.82, 2.24) is 0 Å². The van der Waals surface area contributed by atoms with Crippen LogP contribution in [0.2, 0.25) is 0 Å². The molecule has 0 saturated heterocycles. The molecule has 0 heterocycles. The lowest BCUT2D eigenvalue weighted by atomic mass is 9.85. The zero-order valence-electron chi connectivity index (χ0n) is 10.9. The number of anilines is 1. The van der Waals surface area contributed by atoms with Crippen LogP contribution in [0.15, 0.2) is 30.4 Å². The average Bonchev–Trinajstić information content (AvgIpc) is 2.37. The molecule has 2 N–H and O–H groups in total. The maximum absolute atomic E-state index is 11.0. The van der Waals surface area contributed by atoms with Gasteiger partial charge in [-0.1, -0.05) is 25.1 Å². The number of hydrogen-bond donors (Lipinski definition) is 1. The molecule has 1 aliphatic rings. The molecule has 2 rings (SSSR count). The van der Waals surface area contributed by atoms with Crippen molar-refractivity contribution in [3.8, 4) is 5.75 Å². The van der Waals surface area contributed by atoms with Crippen LogP contribution in [0.1, 0.15) is 19.8 Å². The Kier molecular flexibility index (Phi) is 4.04. The quantitative estimate of drug-likeness (QED) is 0.391. The van der Waals surface area contributed by atoms with Crippen LogP contribution < -0.4 is 10.5 Å². The zero-order chi connectivity index (χ0) is 13.8. The fourth-order valence-electron chi connectivity index (χ4n) is 2.29. The number of para-hydroxylation sites is 1. The largest absolute Gasteiger partial charge is 0.486 e. The predicted octanol–water partition coefficient (Wildman–Crippen LogP) is 3.16. The van der Waals surface area contributed by atoms with Crippen molar-refractivity contribution >= 4 is 11.4 Å². The summed E-state index contributed by atoms with van der Waals surface area (Å²) in [6, 6.07) is 4.77. The summed E-state index contributed by atoms with van der Waals surface area (Å²) in [5.41, 5.74) is 5.63. The summed E-state index contributed by atoms with van der Waals surface area (Å²) < 4.78 is 5.63. The number of ether oxygens (including phenoxy) is 1. The van der Waals surface area contributed by atoms with E-state index in [0.717, 1.165) is 12.8 Å². The smallest absolute Gasteiger partial charge is 0.333 e. The molecule has 1 aliphatic carbocycles. The normalized spacial score (nSPS) is 22.2. The topological polar surface area (TPSA) is 78.4 Å². The molecule has 0 aliphatic heterocycles. The van der Waals surface area contributed by atoms with Crippen molar-refractivity contribution in [2.75, 3.05) is 12.3 Å². The second kappa shape index (κ2) is 5.73. The van der Waals surface area contributed by atoms with E-state index in [1.165, 1.54) is 6.07 Å². The fourth-order valence-corrected chi connectivity index (χ4v) is 2.29. The van der Waals surface area contributed by atoms with Crippen LogP contribution >= 0.6 is 0 Å². The number of hydrogen-bond acceptors (Lipinski definition) is 4. The average molecular weight is 262 g/mol. The molecule has 2 atom stereocenters. The van der Waals surface area contributed by atoms with Crippen LogP contribution in [0.25, 0.3) is 0 Å². The van der Waals surface area contributed by atoms with Gasteiger partial charge in [0.1, 0.15) is 5.69 Å². The van der Waals surface area contributed by atoms with E-state index in [2.05, 4.69) is 19.1 Å². The fraction of sp³-hybridized carbons (Fsp3) is 0.429. The molecule has 5 nitrogen and oxygen atoms in total. The summed E-state index contributed by atoms with van der Waals surface area (Å²) in [6.07, 6.45) is 6.30. The van der Waals surface area contributed by atoms with Crippen LogP contribution in [-0.4, -0.2) is 11.5 Å². The first-order valence-electron chi connectivity index (χ1n) is 6.40. The molecule has 0 aromatic heterocycles. The molecule has 102 valence electrons. The minimum absolute atomic E-state index is 0.137. The summed E-state index contributed by atoms with van der Waals surface area (Å²) >= 11 is 0. The Morgan fingerprint density at radius 1 is 1.42 bits per heavy atom. The number of benzene rings is 1. The van der Waals surface area contributed by atoms with Crippen molar-refractivity contribution in [1.29, 1.82) is 0 Å². The number of nitrogens with two attached hydrogens (primary N) is 1. The number of allylic oxidation sites excluding steroid dienone is 2. The first-order valence-corrected chi connectivity index (χ1v) is 6.40. The standard InChI is InChI=1S/C14H18N2O3/c1-10-5-2-3-6-11(10)9-19-13-8-4-7-12(15)14(13)16(17)18/h2-4,7-8,10-11H,5-6,9,15H2,1H3. The van der Waals surface area contributed by atoms with Gasteiger partial charge in [0.05, 0.1) is 11.5 Å². The van der Waals surface area contributed by atoms with Gasteiger partial charge >= 0.3 is 5.69 Å². The van der Waals surface area contributed by atoms with E-state index in [-0.39, 0.29) is 17.1 Å². The van der Waals surface area contributed by atoms with E-state index in [9.17, 15) is 10.1 Å². The van der Waals surface area contributed by atoms with Gasteiger partial charge in [0.2, 0.25) is 0 Å². The van der Waals surface area contributed by atoms with E-state index < -0.39 is 4.92 Å². The van der Waals surface area contributed by atoms with Gasteiger partial charge in [-0.25, -0.2) is 0 Å². The molecule has 1 aromatic rings. The Morgan fingerprint density at radius 2 is 2.16 bits per heavy atom. The van der Waals surface area contributed by atoms with Gasteiger partial charge in [-0.2, -0.15) is 0 Å². The molecule has 0 radical (unpaired) electrons.